The van der Waals surface area contributed by atoms with Crippen LogP contribution >= 0.6 is 12.6 Å². The van der Waals surface area contributed by atoms with E-state index in [4.69, 9.17) is 14.6 Å². The lowest BCUT2D eigenvalue weighted by Crippen LogP contribution is -2.10. The van der Waals surface area contributed by atoms with E-state index in [9.17, 15) is 0 Å². The molecule has 0 aliphatic heterocycles. The van der Waals surface area contributed by atoms with E-state index in [0.29, 0.717) is 16.9 Å². The number of hydrogen-bond acceptors (Lipinski definition) is 3. The summed E-state index contributed by atoms with van der Waals surface area (Å²) >= 11 is 4.24. The highest BCUT2D eigenvalue weighted by atomic mass is 32.1. The Labute approximate surface area is 195 Å². The van der Waals surface area contributed by atoms with Crippen molar-refractivity contribution >= 4 is 12.6 Å². The maximum Gasteiger partial charge on any atom is 0.254 e. The monoisotopic (exact) mass is 445 g/mol. The van der Waals surface area contributed by atoms with Gasteiger partial charge in [0.05, 0.1) is 0 Å². The van der Waals surface area contributed by atoms with Gasteiger partial charge in [-0.2, -0.15) is 0 Å². The van der Waals surface area contributed by atoms with Crippen LogP contribution in [-0.2, 0) is 5.41 Å². The van der Waals surface area contributed by atoms with E-state index in [2.05, 4.69) is 63.7 Å². The third-order valence-electron chi connectivity index (χ3n) is 4.63. The Morgan fingerprint density at radius 2 is 0.938 bits per heavy atom. The molecule has 0 aliphatic carbocycles. The second kappa shape index (κ2) is 10.8. The molecule has 0 amide bonds. The minimum absolute atomic E-state index is 0.293. The predicted octanol–water partition coefficient (Wildman–Crippen LogP) is 7.98. The van der Waals surface area contributed by atoms with Gasteiger partial charge in [0, 0.05) is 17.0 Å². The first-order valence-electron chi connectivity index (χ1n) is 10.4. The van der Waals surface area contributed by atoms with Crippen molar-refractivity contribution in [2.45, 2.75) is 31.1 Å². The predicted molar refractivity (Wildman–Crippen MR) is 135 cm³/mol. The second-order valence-electron chi connectivity index (χ2n) is 8.31. The number of hydrogen-bond donors (Lipinski definition) is 1. The zero-order valence-corrected chi connectivity index (χ0v) is 19.5. The Kier molecular flexibility index (Phi) is 7.85. The van der Waals surface area contributed by atoms with Gasteiger partial charge in [-0.25, -0.2) is 0 Å². The Morgan fingerprint density at radius 3 is 1.31 bits per heavy atom. The molecule has 0 aliphatic rings. The molecule has 0 aromatic heterocycles. The van der Waals surface area contributed by atoms with Gasteiger partial charge in [0.25, 0.3) is 5.75 Å². The maximum atomic E-state index is 7.44. The molecule has 0 spiro atoms. The molecule has 0 bridgehead atoms. The molecule has 4 aromatic carbocycles. The molecule has 0 saturated carbocycles. The molecule has 0 fully saturated rings. The van der Waals surface area contributed by atoms with Crippen LogP contribution in [0.2, 0.25) is 0 Å². The Balaban J connectivity index is 0.000000243. The summed E-state index contributed by atoms with van der Waals surface area (Å²) in [5.41, 5.74) is 1.69. The van der Waals surface area contributed by atoms with Crippen LogP contribution in [0.15, 0.2) is 108 Å². The number of rotatable bonds is 4. The molecule has 0 atom stereocenters. The molecular weight excluding hydrogens is 416 g/mol. The van der Waals surface area contributed by atoms with Crippen LogP contribution in [0.5, 0.6) is 28.7 Å². The number of thiol groups is 1. The molecule has 3 nitrogen and oxygen atoms in total. The van der Waals surface area contributed by atoms with E-state index >= 15 is 0 Å². The lowest BCUT2D eigenvalue weighted by molar-refractivity contribution is 0.461. The molecule has 4 rings (SSSR count). The molecule has 164 valence electrons. The summed E-state index contributed by atoms with van der Waals surface area (Å²) in [6, 6.07) is 32.4. The number of benzene rings is 4. The van der Waals surface area contributed by atoms with E-state index in [1.807, 2.05) is 48.5 Å². The van der Waals surface area contributed by atoms with Crippen molar-refractivity contribution < 1.29 is 14.6 Å². The fraction of sp³-hybridized carbons (Fsp3) is 0.143. The third kappa shape index (κ3) is 7.40. The van der Waals surface area contributed by atoms with Gasteiger partial charge >= 0.3 is 0 Å². The van der Waals surface area contributed by atoms with Gasteiger partial charge < -0.3 is 14.6 Å². The van der Waals surface area contributed by atoms with Gasteiger partial charge in [-0.1, -0.05) is 51.1 Å². The van der Waals surface area contributed by atoms with Crippen LogP contribution in [0.25, 0.3) is 0 Å². The van der Waals surface area contributed by atoms with Gasteiger partial charge in [-0.05, 0) is 71.6 Å². The molecule has 0 radical (unpaired) electrons. The first-order valence-corrected chi connectivity index (χ1v) is 10.9. The van der Waals surface area contributed by atoms with Gasteiger partial charge in [0.15, 0.2) is 0 Å². The van der Waals surface area contributed by atoms with Crippen LogP contribution in [0, 0.1) is 0 Å². The molecule has 32 heavy (non-hydrogen) atoms. The van der Waals surface area contributed by atoms with E-state index in [0.717, 1.165) is 22.1 Å². The van der Waals surface area contributed by atoms with Gasteiger partial charge in [-0.15, -0.1) is 12.6 Å². The van der Waals surface area contributed by atoms with Crippen LogP contribution in [0.4, 0.5) is 0 Å². The molecule has 0 heterocycles. The van der Waals surface area contributed by atoms with Crippen molar-refractivity contribution in [2.75, 3.05) is 0 Å². The van der Waals surface area contributed by atoms with Gasteiger partial charge in [0.2, 0.25) is 0 Å². The van der Waals surface area contributed by atoms with Crippen molar-refractivity contribution in [3.05, 3.63) is 109 Å². The molecule has 2 N–H and O–H groups in total. The SMILES string of the molecule is CC(C)(C)c1ccccc1.[OH2+]c1ccc(Oc2ccc(Oc3ccc(S)cc3)cc2)cc1. The van der Waals surface area contributed by atoms with E-state index < -0.39 is 0 Å². The van der Waals surface area contributed by atoms with Crippen molar-refractivity contribution in [3.8, 4) is 28.7 Å². The van der Waals surface area contributed by atoms with Crippen LogP contribution in [0.3, 0.4) is 0 Å². The third-order valence-corrected chi connectivity index (χ3v) is 4.92. The van der Waals surface area contributed by atoms with Crippen molar-refractivity contribution in [1.29, 1.82) is 0 Å². The summed E-state index contributed by atoms with van der Waals surface area (Å²) in [5.74, 6) is 3.38. The Bertz CT molecular complexity index is 1020. The average Bonchev–Trinajstić information content (AvgIpc) is 2.79. The van der Waals surface area contributed by atoms with Crippen LogP contribution in [-0.4, -0.2) is 5.11 Å². The molecule has 0 saturated heterocycles. The second-order valence-corrected chi connectivity index (χ2v) is 8.83. The Hall–Kier alpha value is -3.37. The zero-order valence-electron chi connectivity index (χ0n) is 18.6. The van der Waals surface area contributed by atoms with Crippen LogP contribution in [0.1, 0.15) is 26.3 Å². The first-order chi connectivity index (χ1) is 15.3. The lowest BCUT2D eigenvalue weighted by Gasteiger charge is -2.18. The van der Waals surface area contributed by atoms with Crippen molar-refractivity contribution in [3.63, 3.8) is 0 Å². The minimum Gasteiger partial charge on any atom is -0.593 e. The molecular formula is C28H29O3S+. The zero-order chi connectivity index (χ0) is 23.0. The normalized spacial score (nSPS) is 10.6. The van der Waals surface area contributed by atoms with Gasteiger partial charge in [0.1, 0.15) is 23.0 Å². The van der Waals surface area contributed by atoms with Crippen molar-refractivity contribution in [2.24, 2.45) is 0 Å². The summed E-state index contributed by atoms with van der Waals surface area (Å²) < 4.78 is 11.4. The van der Waals surface area contributed by atoms with E-state index in [1.54, 1.807) is 24.3 Å². The Morgan fingerprint density at radius 1 is 0.562 bits per heavy atom. The largest absolute Gasteiger partial charge is 0.593 e. The smallest absolute Gasteiger partial charge is 0.254 e. The summed E-state index contributed by atoms with van der Waals surface area (Å²) in [4.78, 5) is 0.898. The van der Waals surface area contributed by atoms with E-state index in [1.165, 1.54) is 5.56 Å². The summed E-state index contributed by atoms with van der Waals surface area (Å²) in [7, 11) is 0. The fourth-order valence-corrected chi connectivity index (χ4v) is 2.97. The lowest BCUT2D eigenvalue weighted by atomic mass is 9.87. The standard InChI is InChI=1S/C18H14O3S.C10H14/c19-13-1-3-14(4-2-13)20-15-5-7-16(8-6-15)21-17-9-11-18(22)12-10-17;1-10(2,3)9-7-5-4-6-8-9/h1-12,19,22H;4-8H,1-3H3/p+1. The van der Waals surface area contributed by atoms with Crippen LogP contribution < -0.4 is 9.47 Å². The highest BCUT2D eigenvalue weighted by Gasteiger charge is 2.11. The number of ether oxygens (including phenoxy) is 2. The molecule has 4 aromatic rings. The molecule has 0 unspecified atom stereocenters. The minimum atomic E-state index is 0.293. The fourth-order valence-electron chi connectivity index (χ4n) is 2.82. The highest BCUT2D eigenvalue weighted by molar-refractivity contribution is 7.80. The molecule has 4 heteroatoms. The first kappa shape index (κ1) is 23.3. The summed E-state index contributed by atoms with van der Waals surface area (Å²) in [6.45, 7) is 6.67. The quantitative estimate of drug-likeness (QED) is 0.255. The van der Waals surface area contributed by atoms with Crippen molar-refractivity contribution in [1.82, 2.24) is 0 Å². The maximum absolute atomic E-state index is 7.44. The average molecular weight is 446 g/mol. The van der Waals surface area contributed by atoms with E-state index in [-0.39, 0.29) is 0 Å². The highest BCUT2D eigenvalue weighted by Crippen LogP contribution is 2.28. The summed E-state index contributed by atoms with van der Waals surface area (Å²) in [5, 5.41) is 7.44. The summed E-state index contributed by atoms with van der Waals surface area (Å²) in [6.07, 6.45) is 0. The topological polar surface area (TPSA) is 41.4 Å². The van der Waals surface area contributed by atoms with Gasteiger partial charge in [-0.3, -0.25) is 0 Å².